The normalized spacial score (nSPS) is 21.1. The molecular formula is C18H30NO4P. The third kappa shape index (κ3) is 4.40. The number of methoxy groups -OCH3 is 1. The molecule has 1 saturated heterocycles. The maximum absolute atomic E-state index is 13.1. The first-order chi connectivity index (χ1) is 11.3. The first-order valence-electron chi connectivity index (χ1n) is 8.61. The summed E-state index contributed by atoms with van der Waals surface area (Å²) >= 11 is 0. The van der Waals surface area contributed by atoms with E-state index in [4.69, 9.17) is 13.8 Å². The van der Waals surface area contributed by atoms with Crippen LogP contribution >= 0.6 is 7.60 Å². The van der Waals surface area contributed by atoms with E-state index in [2.05, 4.69) is 30.9 Å². The van der Waals surface area contributed by atoms with E-state index in [9.17, 15) is 4.57 Å². The highest BCUT2D eigenvalue weighted by molar-refractivity contribution is 7.54. The van der Waals surface area contributed by atoms with Crippen LogP contribution < -0.4 is 4.74 Å². The van der Waals surface area contributed by atoms with E-state index in [1.807, 2.05) is 26.0 Å². The molecule has 0 N–H and O–H groups in total. The van der Waals surface area contributed by atoms with Gasteiger partial charge in [0.15, 0.2) is 0 Å². The van der Waals surface area contributed by atoms with Crippen LogP contribution in [0.2, 0.25) is 0 Å². The van der Waals surface area contributed by atoms with Crippen LogP contribution in [-0.4, -0.2) is 43.0 Å². The fourth-order valence-electron chi connectivity index (χ4n) is 3.32. The van der Waals surface area contributed by atoms with Crippen LogP contribution in [-0.2, 0) is 20.2 Å². The van der Waals surface area contributed by atoms with Gasteiger partial charge in [-0.25, -0.2) is 0 Å². The van der Waals surface area contributed by atoms with Crippen LogP contribution in [0.5, 0.6) is 5.75 Å². The molecule has 1 fully saturated rings. The second kappa shape index (κ2) is 8.01. The third-order valence-corrected chi connectivity index (χ3v) is 7.10. The van der Waals surface area contributed by atoms with Gasteiger partial charge in [0.05, 0.1) is 26.0 Å². The highest BCUT2D eigenvalue weighted by atomic mass is 31.2. The van der Waals surface area contributed by atoms with Crippen LogP contribution in [0, 0.1) is 0 Å². The maximum Gasteiger partial charge on any atom is 0.335 e. The monoisotopic (exact) mass is 355 g/mol. The largest absolute Gasteiger partial charge is 0.497 e. The summed E-state index contributed by atoms with van der Waals surface area (Å²) in [6, 6.07) is 8.10. The molecule has 0 aliphatic carbocycles. The number of nitrogens with zero attached hydrogens (tertiary/aromatic N) is 1. The third-order valence-electron chi connectivity index (χ3n) is 4.62. The lowest BCUT2D eigenvalue weighted by Gasteiger charge is -2.31. The fourth-order valence-corrected chi connectivity index (χ4v) is 5.60. The smallest absolute Gasteiger partial charge is 0.335 e. The van der Waals surface area contributed by atoms with Gasteiger partial charge in [0.2, 0.25) is 0 Å². The molecule has 0 spiro atoms. The van der Waals surface area contributed by atoms with Crippen LogP contribution in [0.1, 0.15) is 39.7 Å². The predicted molar refractivity (Wildman–Crippen MR) is 96.7 cm³/mol. The summed E-state index contributed by atoms with van der Waals surface area (Å²) in [4.78, 5) is 2.37. The lowest BCUT2D eigenvalue weighted by Crippen LogP contribution is -2.37. The van der Waals surface area contributed by atoms with Crippen molar-refractivity contribution in [1.29, 1.82) is 0 Å². The van der Waals surface area contributed by atoms with E-state index in [1.54, 1.807) is 7.11 Å². The molecule has 1 unspecified atom stereocenters. The van der Waals surface area contributed by atoms with E-state index in [0.717, 1.165) is 25.3 Å². The van der Waals surface area contributed by atoms with Gasteiger partial charge in [-0.15, -0.1) is 0 Å². The molecule has 0 bridgehead atoms. The number of rotatable bonds is 8. The molecule has 136 valence electrons. The van der Waals surface area contributed by atoms with Gasteiger partial charge in [0, 0.05) is 18.6 Å². The number of ether oxygens (including phenoxy) is 1. The molecule has 1 heterocycles. The van der Waals surface area contributed by atoms with Gasteiger partial charge in [-0.3, -0.25) is 9.46 Å². The fraction of sp³-hybridized carbons (Fsp3) is 0.667. The Balaban J connectivity index is 2.12. The van der Waals surface area contributed by atoms with Gasteiger partial charge >= 0.3 is 7.60 Å². The molecule has 24 heavy (non-hydrogen) atoms. The van der Waals surface area contributed by atoms with Crippen LogP contribution in [0.25, 0.3) is 0 Å². The Hall–Kier alpha value is -0.870. The minimum absolute atomic E-state index is 0.0472. The second-order valence-electron chi connectivity index (χ2n) is 6.77. The molecule has 2 rings (SSSR count). The Kier molecular flexibility index (Phi) is 6.49. The topological polar surface area (TPSA) is 48.0 Å². The van der Waals surface area contributed by atoms with Crippen LogP contribution in [0.4, 0.5) is 0 Å². The Morgan fingerprint density at radius 2 is 1.75 bits per heavy atom. The molecule has 0 aromatic heterocycles. The Bertz CT molecular complexity index is 563. The zero-order valence-electron chi connectivity index (χ0n) is 15.4. The van der Waals surface area contributed by atoms with E-state index < -0.39 is 7.60 Å². The minimum atomic E-state index is -3.06. The highest BCUT2D eigenvalue weighted by Crippen LogP contribution is 2.58. The van der Waals surface area contributed by atoms with Crippen molar-refractivity contribution in [1.82, 2.24) is 4.90 Å². The second-order valence-corrected chi connectivity index (χ2v) is 9.10. The Morgan fingerprint density at radius 1 is 1.17 bits per heavy atom. The summed E-state index contributed by atoms with van der Waals surface area (Å²) in [7, 11) is -1.39. The number of likely N-dealkylation sites (tertiary alicyclic amines) is 1. The van der Waals surface area contributed by atoms with E-state index in [1.165, 1.54) is 5.56 Å². The zero-order chi connectivity index (χ0) is 17.8. The van der Waals surface area contributed by atoms with E-state index in [0.29, 0.717) is 13.2 Å². The molecular weight excluding hydrogens is 325 g/mol. The molecule has 1 aliphatic heterocycles. The van der Waals surface area contributed by atoms with Crippen LogP contribution in [0.3, 0.4) is 0 Å². The predicted octanol–water partition coefficient (Wildman–Crippen LogP) is 4.31. The molecule has 0 radical (unpaired) electrons. The molecule has 0 amide bonds. The number of hydrogen-bond donors (Lipinski definition) is 0. The average Bonchev–Trinajstić information content (AvgIpc) is 2.84. The number of hydrogen-bond acceptors (Lipinski definition) is 5. The first-order valence-corrected chi connectivity index (χ1v) is 10.2. The number of benzene rings is 1. The van der Waals surface area contributed by atoms with Crippen LogP contribution in [0.15, 0.2) is 24.3 Å². The maximum atomic E-state index is 13.1. The van der Waals surface area contributed by atoms with Gasteiger partial charge in [-0.1, -0.05) is 12.1 Å². The van der Waals surface area contributed by atoms with Gasteiger partial charge in [0.1, 0.15) is 5.75 Å². The van der Waals surface area contributed by atoms with Gasteiger partial charge in [-0.2, -0.15) is 0 Å². The minimum Gasteiger partial charge on any atom is -0.497 e. The first kappa shape index (κ1) is 19.5. The standard InChI is InChI=1S/C18H30NO4P/c1-6-22-24(20,23-7-2)17-12-18(3,4)19(14-17)13-15-8-10-16(21-5)11-9-15/h8-11,17H,6-7,12-14H2,1-5H3. The molecule has 1 atom stereocenters. The Morgan fingerprint density at radius 3 is 2.25 bits per heavy atom. The molecule has 1 aromatic rings. The highest BCUT2D eigenvalue weighted by Gasteiger charge is 2.48. The lowest BCUT2D eigenvalue weighted by molar-refractivity contribution is 0.166. The van der Waals surface area contributed by atoms with Crippen molar-refractivity contribution < 1.29 is 18.3 Å². The zero-order valence-corrected chi connectivity index (χ0v) is 16.3. The van der Waals surface area contributed by atoms with Crippen molar-refractivity contribution in [3.05, 3.63) is 29.8 Å². The molecule has 5 nitrogen and oxygen atoms in total. The van der Waals surface area contributed by atoms with Crippen molar-refractivity contribution in [2.75, 3.05) is 26.9 Å². The van der Waals surface area contributed by atoms with Gasteiger partial charge in [0.25, 0.3) is 0 Å². The van der Waals surface area contributed by atoms with E-state index >= 15 is 0 Å². The summed E-state index contributed by atoms with van der Waals surface area (Å²) in [5.74, 6) is 0.856. The van der Waals surface area contributed by atoms with Crippen molar-refractivity contribution in [2.45, 2.75) is 51.9 Å². The summed E-state index contributed by atoms with van der Waals surface area (Å²) in [5.41, 5.74) is 1.09. The van der Waals surface area contributed by atoms with Crippen molar-refractivity contribution >= 4 is 7.60 Å². The summed E-state index contributed by atoms with van der Waals surface area (Å²) in [6.07, 6.45) is 0.806. The molecule has 0 saturated carbocycles. The summed E-state index contributed by atoms with van der Waals surface area (Å²) < 4.78 is 29.4. The van der Waals surface area contributed by atoms with Crippen molar-refractivity contribution in [3.8, 4) is 5.75 Å². The van der Waals surface area contributed by atoms with Crippen molar-refractivity contribution in [3.63, 3.8) is 0 Å². The molecule has 6 heteroatoms. The van der Waals surface area contributed by atoms with Gasteiger partial charge in [-0.05, 0) is 51.8 Å². The average molecular weight is 355 g/mol. The van der Waals surface area contributed by atoms with Crippen molar-refractivity contribution in [2.24, 2.45) is 0 Å². The van der Waals surface area contributed by atoms with E-state index in [-0.39, 0.29) is 11.2 Å². The Labute approximate surface area is 145 Å². The molecule has 1 aromatic carbocycles. The summed E-state index contributed by atoms with van der Waals surface area (Å²) in [6.45, 7) is 10.5. The summed E-state index contributed by atoms with van der Waals surface area (Å²) in [5, 5.41) is 0. The molecule has 1 aliphatic rings. The quantitative estimate of drug-likeness (QED) is 0.650. The SMILES string of the molecule is CCOP(=O)(OCC)C1CN(Cc2ccc(OC)cc2)C(C)(C)C1. The lowest BCUT2D eigenvalue weighted by atomic mass is 10.0. The van der Waals surface area contributed by atoms with Gasteiger partial charge < -0.3 is 13.8 Å².